The van der Waals surface area contributed by atoms with E-state index in [1.165, 1.54) is 0 Å². The molecule has 134 valence electrons. The highest BCUT2D eigenvalue weighted by molar-refractivity contribution is 8.31. The summed E-state index contributed by atoms with van der Waals surface area (Å²) in [6, 6.07) is 24.9. The van der Waals surface area contributed by atoms with E-state index in [0.717, 1.165) is 0 Å². The Kier molecular flexibility index (Phi) is 5.60. The molecule has 3 rings (SSSR count). The van der Waals surface area contributed by atoms with Crippen LogP contribution in [0.3, 0.4) is 0 Å². The minimum Gasteiger partial charge on any atom is -0.287 e. The third-order valence-corrected chi connectivity index (χ3v) is 7.82. The Morgan fingerprint density at radius 2 is 0.846 bits per heavy atom. The molecule has 0 aromatic heterocycles. The molecule has 26 heavy (non-hydrogen) atoms. The predicted octanol–water partition coefficient (Wildman–Crippen LogP) is 5.08. The molecule has 8 heteroatoms. The Morgan fingerprint density at radius 1 is 0.577 bits per heavy atom. The maximum atomic E-state index is 12.4. The summed E-state index contributed by atoms with van der Waals surface area (Å²) >= 11 is 0. The second kappa shape index (κ2) is 7.90. The highest BCUT2D eigenvalue weighted by Crippen LogP contribution is 2.84. The molecule has 3 aromatic rings. The summed E-state index contributed by atoms with van der Waals surface area (Å²) in [7, 11) is -9.14. The van der Waals surface area contributed by atoms with Gasteiger partial charge in [-0.3, -0.25) is 23.4 Å². The molecule has 0 amide bonds. The largest absolute Gasteiger partial charge is 0.654 e. The first-order valence-corrected chi connectivity index (χ1v) is 11.5. The Morgan fingerprint density at radius 3 is 1.08 bits per heavy atom. The van der Waals surface area contributed by atoms with Crippen LogP contribution in [0.1, 0.15) is 0 Å². The van der Waals surface area contributed by atoms with Crippen LogP contribution in [0.25, 0.3) is 0 Å². The van der Waals surface area contributed by atoms with Crippen LogP contribution in [0.4, 0.5) is 0 Å². The van der Waals surface area contributed by atoms with Crippen LogP contribution >= 0.6 is 14.9 Å². The SMILES string of the molecule is O=P(O)(O)[P+](Oc1ccccc1)(Oc1ccccc1)Oc1ccccc1. The third-order valence-electron chi connectivity index (χ3n) is 3.21. The van der Waals surface area contributed by atoms with Crippen LogP contribution < -0.4 is 13.6 Å². The van der Waals surface area contributed by atoms with Gasteiger partial charge in [-0.25, -0.2) is 4.57 Å². The fourth-order valence-electron chi connectivity index (χ4n) is 2.06. The second-order valence-electron chi connectivity index (χ2n) is 5.19. The molecule has 0 aliphatic carbocycles. The lowest BCUT2D eigenvalue weighted by Gasteiger charge is -2.22. The Balaban J connectivity index is 2.05. The van der Waals surface area contributed by atoms with Gasteiger partial charge in [0.2, 0.25) is 0 Å². The molecule has 0 fully saturated rings. The Labute approximate surface area is 151 Å². The third kappa shape index (κ3) is 4.43. The van der Waals surface area contributed by atoms with Crippen molar-refractivity contribution in [1.29, 1.82) is 0 Å². The topological polar surface area (TPSA) is 85.2 Å². The number of hydrogen-bond acceptors (Lipinski definition) is 4. The molecule has 0 saturated carbocycles. The molecule has 0 unspecified atom stereocenters. The molecule has 0 aliphatic rings. The molecule has 0 bridgehead atoms. The van der Waals surface area contributed by atoms with Crippen LogP contribution in [-0.4, -0.2) is 9.79 Å². The summed E-state index contributed by atoms with van der Waals surface area (Å²) in [6.45, 7) is 0. The van der Waals surface area contributed by atoms with Crippen molar-refractivity contribution in [3.63, 3.8) is 0 Å². The lowest BCUT2D eigenvalue weighted by atomic mass is 10.3. The maximum absolute atomic E-state index is 12.4. The molecule has 3 aromatic carbocycles. The van der Waals surface area contributed by atoms with Crippen molar-refractivity contribution in [3.8, 4) is 17.2 Å². The van der Waals surface area contributed by atoms with Crippen molar-refractivity contribution in [1.82, 2.24) is 0 Å². The zero-order chi connectivity index (χ0) is 18.5. The minimum absolute atomic E-state index is 0.232. The van der Waals surface area contributed by atoms with E-state index in [1.807, 2.05) is 0 Å². The molecular weight excluding hydrogens is 374 g/mol. The molecule has 0 radical (unpaired) electrons. The van der Waals surface area contributed by atoms with Gasteiger partial charge in [0.15, 0.2) is 17.2 Å². The number of para-hydroxylation sites is 3. The molecule has 2 N–H and O–H groups in total. The van der Waals surface area contributed by atoms with E-state index in [4.69, 9.17) is 13.6 Å². The van der Waals surface area contributed by atoms with E-state index >= 15 is 0 Å². The average molecular weight is 391 g/mol. The summed E-state index contributed by atoms with van der Waals surface area (Å²) < 4.78 is 29.5. The van der Waals surface area contributed by atoms with Crippen molar-refractivity contribution >= 4 is 14.9 Å². The predicted molar refractivity (Wildman–Crippen MR) is 100 cm³/mol. The van der Waals surface area contributed by atoms with Crippen LogP contribution in [0, 0.1) is 0 Å². The van der Waals surface area contributed by atoms with Gasteiger partial charge in [0.25, 0.3) is 0 Å². The van der Waals surface area contributed by atoms with Gasteiger partial charge >= 0.3 is 14.9 Å². The quantitative estimate of drug-likeness (QED) is 0.547. The molecule has 0 saturated heterocycles. The summed E-state index contributed by atoms with van der Waals surface area (Å²) in [5, 5.41) is 0. The molecular formula is C18H17O6P2+. The van der Waals surface area contributed by atoms with E-state index in [9.17, 15) is 14.4 Å². The molecule has 6 nitrogen and oxygen atoms in total. The Hall–Kier alpha value is -2.36. The van der Waals surface area contributed by atoms with Crippen molar-refractivity contribution in [2.75, 3.05) is 0 Å². The van der Waals surface area contributed by atoms with Gasteiger partial charge in [-0.15, -0.1) is 0 Å². The maximum Gasteiger partial charge on any atom is 0.654 e. The normalized spacial score (nSPS) is 11.6. The average Bonchev–Trinajstić information content (AvgIpc) is 2.63. The monoisotopic (exact) mass is 391 g/mol. The second-order valence-corrected chi connectivity index (χ2v) is 10.7. The van der Waals surface area contributed by atoms with Crippen molar-refractivity contribution in [2.45, 2.75) is 0 Å². The first-order chi connectivity index (χ1) is 12.5. The fraction of sp³-hybridized carbons (Fsp3) is 0. The van der Waals surface area contributed by atoms with Crippen molar-refractivity contribution in [2.24, 2.45) is 0 Å². The smallest absolute Gasteiger partial charge is 0.287 e. The molecule has 0 atom stereocenters. The first kappa shape index (κ1) is 18.4. The van der Waals surface area contributed by atoms with Crippen LogP contribution in [0.5, 0.6) is 17.2 Å². The summed E-state index contributed by atoms with van der Waals surface area (Å²) in [5.74, 6) is 0.697. The van der Waals surface area contributed by atoms with Crippen LogP contribution in [0.15, 0.2) is 91.0 Å². The Bertz CT molecular complexity index is 767. The van der Waals surface area contributed by atoms with Gasteiger partial charge in [0, 0.05) is 0 Å². The highest BCUT2D eigenvalue weighted by Gasteiger charge is 2.69. The van der Waals surface area contributed by atoms with Crippen LogP contribution in [0.2, 0.25) is 0 Å². The van der Waals surface area contributed by atoms with Gasteiger partial charge in [-0.05, 0) is 36.4 Å². The lowest BCUT2D eigenvalue weighted by Crippen LogP contribution is -2.15. The molecule has 0 spiro atoms. The van der Waals surface area contributed by atoms with Gasteiger partial charge in [-0.2, -0.15) is 0 Å². The zero-order valence-corrected chi connectivity index (χ0v) is 15.4. The number of hydrogen-bond donors (Lipinski definition) is 2. The van der Waals surface area contributed by atoms with Gasteiger partial charge in [0.05, 0.1) is 0 Å². The highest BCUT2D eigenvalue weighted by atomic mass is 32.1. The lowest BCUT2D eigenvalue weighted by molar-refractivity contribution is 0.329. The fourth-order valence-corrected chi connectivity index (χ4v) is 5.46. The standard InChI is InChI=1S/C18H16O6P2/c19-25(20,21)26(22-16-10-4-1-5-11-16,23-17-12-6-2-7-13-17)24-18-14-8-3-9-15-18/h1-15H,(H-,19,20,21)/p+1. The van der Waals surface area contributed by atoms with Gasteiger partial charge < -0.3 is 0 Å². The van der Waals surface area contributed by atoms with E-state index < -0.39 is 14.9 Å². The van der Waals surface area contributed by atoms with Gasteiger partial charge in [-0.1, -0.05) is 54.6 Å². The molecule has 0 aliphatic heterocycles. The van der Waals surface area contributed by atoms with Crippen molar-refractivity contribution in [3.05, 3.63) is 91.0 Å². The van der Waals surface area contributed by atoms with E-state index in [-0.39, 0.29) is 17.2 Å². The summed E-state index contributed by atoms with van der Waals surface area (Å²) in [5.41, 5.74) is 0. The van der Waals surface area contributed by atoms with Crippen LogP contribution in [-0.2, 0) is 4.57 Å². The van der Waals surface area contributed by atoms with Gasteiger partial charge in [0.1, 0.15) is 0 Å². The van der Waals surface area contributed by atoms with Crippen molar-refractivity contribution < 1.29 is 27.9 Å². The summed E-state index contributed by atoms with van der Waals surface area (Å²) in [6.07, 6.45) is 0. The minimum atomic E-state index is -4.96. The number of benzene rings is 3. The van der Waals surface area contributed by atoms with E-state index in [2.05, 4.69) is 0 Å². The zero-order valence-electron chi connectivity index (χ0n) is 13.6. The summed E-state index contributed by atoms with van der Waals surface area (Å²) in [4.78, 5) is 20.2. The molecule has 0 heterocycles. The number of rotatable bonds is 7. The van der Waals surface area contributed by atoms with E-state index in [0.29, 0.717) is 0 Å². The van der Waals surface area contributed by atoms with E-state index in [1.54, 1.807) is 91.0 Å². The first-order valence-electron chi connectivity index (χ1n) is 7.67.